The first-order valence-corrected chi connectivity index (χ1v) is 10.3. The van der Waals surface area contributed by atoms with Gasteiger partial charge in [-0.15, -0.1) is 0 Å². The molecule has 0 saturated heterocycles. The molecule has 31 heavy (non-hydrogen) atoms. The number of ether oxygens (including phenoxy) is 2. The van der Waals surface area contributed by atoms with Gasteiger partial charge in [0, 0.05) is 34.9 Å². The number of nitrogens with zero attached hydrogens (tertiary/aromatic N) is 1. The van der Waals surface area contributed by atoms with E-state index < -0.39 is 5.60 Å². The van der Waals surface area contributed by atoms with Crippen LogP contribution in [0.2, 0.25) is 0 Å². The molecule has 2 heterocycles. The van der Waals surface area contributed by atoms with E-state index in [-0.39, 0.29) is 22.0 Å². The predicted octanol–water partition coefficient (Wildman–Crippen LogP) is 5.16. The summed E-state index contributed by atoms with van der Waals surface area (Å²) < 4.78 is 11.5. The zero-order valence-electron chi connectivity index (χ0n) is 19.4. The minimum absolute atomic E-state index is 0.00676. The van der Waals surface area contributed by atoms with E-state index in [2.05, 4.69) is 0 Å². The summed E-state index contributed by atoms with van der Waals surface area (Å²) in [7, 11) is 0. The Hall–Kier alpha value is -3.09. The third-order valence-electron chi connectivity index (χ3n) is 6.11. The van der Waals surface area contributed by atoms with Gasteiger partial charge in [-0.2, -0.15) is 0 Å². The molecule has 0 atom stereocenters. The van der Waals surface area contributed by atoms with Crippen LogP contribution in [0.4, 0.5) is 11.4 Å². The largest absolute Gasteiger partial charge is 0.487 e. The van der Waals surface area contributed by atoms with Crippen LogP contribution in [0.5, 0.6) is 11.5 Å². The first-order valence-electron chi connectivity index (χ1n) is 10.3. The Balaban J connectivity index is 0.000000176. The number of carbonyl (C=O) groups is 1. The van der Waals surface area contributed by atoms with Gasteiger partial charge in [0.1, 0.15) is 17.1 Å². The highest BCUT2D eigenvalue weighted by Crippen LogP contribution is 2.42. The van der Waals surface area contributed by atoms with Crippen LogP contribution < -0.4 is 15.2 Å². The predicted molar refractivity (Wildman–Crippen MR) is 120 cm³/mol. The SMILES string of the molecule is Cc1c(N)cc2c(c1C)OC(C)(C)C2=O.Cc1c([N+](=O)[O-])cc2c(c1C)OC(C)(C)C2. The molecule has 4 rings (SSSR count). The van der Waals surface area contributed by atoms with Gasteiger partial charge in [0.25, 0.3) is 5.69 Å². The average molecular weight is 427 g/mol. The number of fused-ring (bicyclic) bond motifs is 2. The molecule has 0 aromatic heterocycles. The van der Waals surface area contributed by atoms with E-state index in [1.54, 1.807) is 32.9 Å². The summed E-state index contributed by atoms with van der Waals surface area (Å²) >= 11 is 0. The maximum Gasteiger partial charge on any atom is 0.273 e. The monoisotopic (exact) mass is 426 g/mol. The number of anilines is 1. The molecule has 2 aromatic rings. The number of Topliss-reactive ketones (excluding diaryl/α,β-unsaturated/α-hetero) is 1. The molecule has 0 amide bonds. The van der Waals surface area contributed by atoms with Gasteiger partial charge >= 0.3 is 0 Å². The lowest BCUT2D eigenvalue weighted by Crippen LogP contribution is -2.32. The van der Waals surface area contributed by atoms with Gasteiger partial charge in [0.15, 0.2) is 5.60 Å². The molecular weight excluding hydrogens is 396 g/mol. The molecule has 7 heteroatoms. The summed E-state index contributed by atoms with van der Waals surface area (Å²) in [6, 6.07) is 3.36. The molecular formula is C24H30N2O5. The van der Waals surface area contributed by atoms with Crippen LogP contribution >= 0.6 is 0 Å². The van der Waals surface area contributed by atoms with Gasteiger partial charge in [0.2, 0.25) is 5.78 Å². The highest BCUT2D eigenvalue weighted by molar-refractivity contribution is 6.08. The second kappa shape index (κ2) is 7.25. The number of nitro benzene ring substituents is 1. The molecule has 0 aliphatic carbocycles. The molecule has 2 aliphatic heterocycles. The number of nitrogen functional groups attached to an aromatic ring is 1. The molecule has 2 aromatic carbocycles. The van der Waals surface area contributed by atoms with Crippen LogP contribution in [-0.4, -0.2) is 21.9 Å². The zero-order valence-corrected chi connectivity index (χ0v) is 19.4. The van der Waals surface area contributed by atoms with Crippen molar-refractivity contribution < 1.29 is 19.2 Å². The molecule has 0 spiro atoms. The highest BCUT2D eigenvalue weighted by Gasteiger charge is 2.41. The number of nitro groups is 1. The van der Waals surface area contributed by atoms with Crippen molar-refractivity contribution in [2.45, 2.75) is 73.0 Å². The van der Waals surface area contributed by atoms with Crippen LogP contribution in [0.15, 0.2) is 12.1 Å². The standard InChI is InChI=1S/C12H15NO3.C12H15NO2/c1-7-8(2)11-9(5-10(7)13(14)15)6-12(3,4)16-11;1-6-7(2)10-8(5-9(6)13)11(14)12(3,4)15-10/h5H,6H2,1-4H3;5H,13H2,1-4H3. The Labute approximate surface area is 182 Å². The number of rotatable bonds is 1. The third-order valence-corrected chi connectivity index (χ3v) is 6.11. The van der Waals surface area contributed by atoms with E-state index in [4.69, 9.17) is 15.2 Å². The van der Waals surface area contributed by atoms with E-state index in [0.717, 1.165) is 34.4 Å². The molecule has 2 N–H and O–H groups in total. The zero-order chi connectivity index (χ0) is 23.5. The van der Waals surface area contributed by atoms with Gasteiger partial charge in [-0.1, -0.05) is 0 Å². The molecule has 166 valence electrons. The topological polar surface area (TPSA) is 105 Å². The first-order chi connectivity index (χ1) is 14.2. The number of hydrogen-bond acceptors (Lipinski definition) is 6. The van der Waals surface area contributed by atoms with Gasteiger partial charge in [-0.3, -0.25) is 14.9 Å². The van der Waals surface area contributed by atoms with Crippen molar-refractivity contribution in [3.63, 3.8) is 0 Å². The lowest BCUT2D eigenvalue weighted by Gasteiger charge is -2.17. The van der Waals surface area contributed by atoms with E-state index in [0.29, 0.717) is 22.6 Å². The summed E-state index contributed by atoms with van der Waals surface area (Å²) in [5.74, 6) is 1.53. The average Bonchev–Trinajstić information content (AvgIpc) is 3.10. The maximum absolute atomic E-state index is 12.0. The van der Waals surface area contributed by atoms with Crippen molar-refractivity contribution in [3.8, 4) is 11.5 Å². The molecule has 0 bridgehead atoms. The smallest absolute Gasteiger partial charge is 0.273 e. The number of nitrogens with two attached hydrogens (primary N) is 1. The van der Waals surface area contributed by atoms with E-state index in [1.165, 1.54) is 0 Å². The van der Waals surface area contributed by atoms with Crippen molar-refractivity contribution >= 4 is 17.2 Å². The van der Waals surface area contributed by atoms with Crippen molar-refractivity contribution in [3.05, 3.63) is 55.6 Å². The van der Waals surface area contributed by atoms with Crippen molar-refractivity contribution in [2.24, 2.45) is 0 Å². The Kier molecular flexibility index (Phi) is 5.29. The third kappa shape index (κ3) is 3.84. The van der Waals surface area contributed by atoms with Crippen molar-refractivity contribution in [1.29, 1.82) is 0 Å². The summed E-state index contributed by atoms with van der Waals surface area (Å²) in [5, 5.41) is 10.9. The lowest BCUT2D eigenvalue weighted by molar-refractivity contribution is -0.385. The second-order valence-electron chi connectivity index (χ2n) is 9.46. The quantitative estimate of drug-likeness (QED) is 0.383. The van der Waals surface area contributed by atoms with Crippen LogP contribution in [0.3, 0.4) is 0 Å². The van der Waals surface area contributed by atoms with Crippen LogP contribution in [0.1, 0.15) is 65.9 Å². The number of hydrogen-bond donors (Lipinski definition) is 1. The van der Waals surface area contributed by atoms with Crippen LogP contribution in [0.25, 0.3) is 0 Å². The summed E-state index contributed by atoms with van der Waals surface area (Å²) in [4.78, 5) is 22.5. The molecule has 0 saturated carbocycles. The normalized spacial score (nSPS) is 17.1. The Morgan fingerprint density at radius 2 is 1.52 bits per heavy atom. The summed E-state index contributed by atoms with van der Waals surface area (Å²) in [5.41, 5.74) is 10.8. The molecule has 7 nitrogen and oxygen atoms in total. The molecule has 0 fully saturated rings. The Bertz CT molecular complexity index is 1120. The highest BCUT2D eigenvalue weighted by atomic mass is 16.6. The Morgan fingerprint density at radius 1 is 0.935 bits per heavy atom. The number of benzene rings is 2. The van der Waals surface area contributed by atoms with E-state index in [9.17, 15) is 14.9 Å². The summed E-state index contributed by atoms with van der Waals surface area (Å²) in [6.45, 7) is 15.1. The Morgan fingerprint density at radius 3 is 2.10 bits per heavy atom. The lowest BCUT2D eigenvalue weighted by atomic mass is 9.96. The maximum atomic E-state index is 12.0. The fraction of sp³-hybridized carbons (Fsp3) is 0.458. The molecule has 0 radical (unpaired) electrons. The minimum atomic E-state index is -0.757. The van der Waals surface area contributed by atoms with Crippen molar-refractivity contribution in [2.75, 3.05) is 5.73 Å². The van der Waals surface area contributed by atoms with E-state index >= 15 is 0 Å². The van der Waals surface area contributed by atoms with E-state index in [1.807, 2.05) is 34.6 Å². The molecule has 2 aliphatic rings. The first kappa shape index (κ1) is 22.6. The molecule has 0 unspecified atom stereocenters. The van der Waals surface area contributed by atoms with Crippen LogP contribution in [-0.2, 0) is 6.42 Å². The fourth-order valence-corrected chi connectivity index (χ4v) is 4.02. The number of carbonyl (C=O) groups excluding carboxylic acids is 1. The fourth-order valence-electron chi connectivity index (χ4n) is 4.02. The van der Waals surface area contributed by atoms with Crippen molar-refractivity contribution in [1.82, 2.24) is 0 Å². The second-order valence-corrected chi connectivity index (χ2v) is 9.46. The van der Waals surface area contributed by atoms with Gasteiger partial charge in [-0.05, 0) is 72.6 Å². The van der Waals surface area contributed by atoms with Gasteiger partial charge < -0.3 is 15.2 Å². The van der Waals surface area contributed by atoms with Gasteiger partial charge in [0.05, 0.1) is 10.5 Å². The summed E-state index contributed by atoms with van der Waals surface area (Å²) in [6.07, 6.45) is 0.726. The van der Waals surface area contributed by atoms with Crippen LogP contribution in [0, 0.1) is 37.8 Å². The number of ketones is 1. The minimum Gasteiger partial charge on any atom is -0.487 e. The van der Waals surface area contributed by atoms with Gasteiger partial charge in [-0.25, -0.2) is 0 Å².